The third-order valence-corrected chi connectivity index (χ3v) is 4.71. The number of hydrogen-bond donors (Lipinski definition) is 3. The van der Waals surface area contributed by atoms with E-state index in [1.54, 1.807) is 30.3 Å². The van der Waals surface area contributed by atoms with Crippen LogP contribution in [-0.2, 0) is 0 Å². The average molecular weight is 390 g/mol. The van der Waals surface area contributed by atoms with E-state index < -0.39 is 5.54 Å². The smallest absolute Gasteiger partial charge is 0.255 e. The molecule has 2 aromatic carbocycles. The number of nitrogens with two attached hydrogens (primary N) is 1. The minimum Gasteiger partial charge on any atom is -0.350 e. The fourth-order valence-electron chi connectivity index (χ4n) is 2.62. The summed E-state index contributed by atoms with van der Waals surface area (Å²) in [6, 6.07) is 14.3. The van der Waals surface area contributed by atoms with E-state index in [1.807, 2.05) is 39.0 Å². The van der Waals surface area contributed by atoms with E-state index in [2.05, 4.69) is 10.6 Å². The number of rotatable bonds is 7. The van der Waals surface area contributed by atoms with Gasteiger partial charge in [0.1, 0.15) is 0 Å². The molecule has 0 saturated carbocycles. The Morgan fingerprint density at radius 2 is 1.67 bits per heavy atom. The first kappa shape index (κ1) is 22.7. The Balaban J connectivity index is 0.00000364. The number of benzene rings is 2. The zero-order valence-electron chi connectivity index (χ0n) is 16.0. The Morgan fingerprint density at radius 1 is 1.00 bits per heavy atom. The first-order valence-electron chi connectivity index (χ1n) is 8.92. The van der Waals surface area contributed by atoms with Crippen LogP contribution >= 0.6 is 12.4 Å². The van der Waals surface area contributed by atoms with Crippen LogP contribution in [0, 0.1) is 6.92 Å². The normalized spacial score (nSPS) is 10.7. The lowest BCUT2D eigenvalue weighted by atomic mass is 9.94. The lowest BCUT2D eigenvalue weighted by Crippen LogP contribution is -2.49. The maximum Gasteiger partial charge on any atom is 0.255 e. The Bertz CT molecular complexity index is 789. The lowest BCUT2D eigenvalue weighted by molar-refractivity contribution is 0.0943. The molecule has 0 bridgehead atoms. The highest BCUT2D eigenvalue weighted by Gasteiger charge is 2.22. The summed E-state index contributed by atoms with van der Waals surface area (Å²) in [7, 11) is 0. The SMILES string of the molecule is CCC(N)(CC)CNC(=O)c1ccccc1NC(=O)c1cccc(C)c1.Cl. The van der Waals surface area contributed by atoms with Gasteiger partial charge in [-0.3, -0.25) is 9.59 Å². The molecule has 0 aliphatic heterocycles. The van der Waals surface area contributed by atoms with Gasteiger partial charge in [0.25, 0.3) is 11.8 Å². The van der Waals surface area contributed by atoms with Gasteiger partial charge in [-0.05, 0) is 44.0 Å². The van der Waals surface area contributed by atoms with E-state index in [9.17, 15) is 9.59 Å². The molecule has 0 aromatic heterocycles. The van der Waals surface area contributed by atoms with Crippen molar-refractivity contribution in [2.24, 2.45) is 5.73 Å². The molecule has 2 amide bonds. The molecule has 0 fully saturated rings. The number of hydrogen-bond acceptors (Lipinski definition) is 3. The van der Waals surface area contributed by atoms with Gasteiger partial charge in [-0.1, -0.05) is 43.7 Å². The van der Waals surface area contributed by atoms with Crippen LogP contribution in [0.5, 0.6) is 0 Å². The number of halogens is 1. The summed E-state index contributed by atoms with van der Waals surface area (Å²) < 4.78 is 0. The van der Waals surface area contributed by atoms with Gasteiger partial charge in [-0.25, -0.2) is 0 Å². The average Bonchev–Trinajstić information content (AvgIpc) is 2.66. The van der Waals surface area contributed by atoms with Crippen LogP contribution in [-0.4, -0.2) is 23.9 Å². The Kier molecular flexibility index (Phi) is 8.47. The number of para-hydroxylation sites is 1. The maximum atomic E-state index is 12.6. The number of amides is 2. The van der Waals surface area contributed by atoms with Crippen molar-refractivity contribution in [3.63, 3.8) is 0 Å². The van der Waals surface area contributed by atoms with E-state index in [0.29, 0.717) is 23.4 Å². The summed E-state index contributed by atoms with van der Waals surface area (Å²) >= 11 is 0. The van der Waals surface area contributed by atoms with E-state index in [4.69, 9.17) is 5.73 Å². The van der Waals surface area contributed by atoms with Crippen LogP contribution in [0.2, 0.25) is 0 Å². The molecule has 0 aliphatic carbocycles. The molecule has 27 heavy (non-hydrogen) atoms. The van der Waals surface area contributed by atoms with Crippen molar-refractivity contribution in [1.29, 1.82) is 0 Å². The minimum absolute atomic E-state index is 0. The highest BCUT2D eigenvalue weighted by atomic mass is 35.5. The van der Waals surface area contributed by atoms with Crippen molar-refractivity contribution in [2.45, 2.75) is 39.2 Å². The van der Waals surface area contributed by atoms with Crippen molar-refractivity contribution in [1.82, 2.24) is 5.32 Å². The van der Waals surface area contributed by atoms with E-state index in [-0.39, 0.29) is 24.2 Å². The molecule has 0 spiro atoms. The third kappa shape index (κ3) is 6.08. The number of aryl methyl sites for hydroxylation is 1. The first-order chi connectivity index (χ1) is 12.4. The highest BCUT2D eigenvalue weighted by Crippen LogP contribution is 2.17. The molecule has 0 saturated heterocycles. The number of carbonyl (C=O) groups is 2. The second kappa shape index (κ2) is 10.1. The van der Waals surface area contributed by atoms with E-state index in [1.165, 1.54) is 0 Å². The van der Waals surface area contributed by atoms with Crippen LogP contribution in [0.1, 0.15) is 53.0 Å². The second-order valence-electron chi connectivity index (χ2n) is 6.62. The predicted octanol–water partition coefficient (Wildman–Crippen LogP) is 3.92. The third-order valence-electron chi connectivity index (χ3n) is 4.71. The quantitative estimate of drug-likeness (QED) is 0.671. The van der Waals surface area contributed by atoms with Crippen molar-refractivity contribution < 1.29 is 9.59 Å². The molecule has 2 aromatic rings. The molecular weight excluding hydrogens is 362 g/mol. The maximum absolute atomic E-state index is 12.6. The molecule has 0 atom stereocenters. The number of nitrogens with one attached hydrogen (secondary N) is 2. The zero-order valence-corrected chi connectivity index (χ0v) is 16.9. The Morgan fingerprint density at radius 3 is 2.30 bits per heavy atom. The van der Waals surface area contributed by atoms with Gasteiger partial charge in [0.15, 0.2) is 0 Å². The number of carbonyl (C=O) groups excluding carboxylic acids is 2. The molecule has 0 unspecified atom stereocenters. The first-order valence-corrected chi connectivity index (χ1v) is 8.92. The van der Waals surface area contributed by atoms with Crippen LogP contribution < -0.4 is 16.4 Å². The largest absolute Gasteiger partial charge is 0.350 e. The van der Waals surface area contributed by atoms with E-state index in [0.717, 1.165) is 18.4 Å². The Hall–Kier alpha value is -2.37. The molecular formula is C21H28ClN3O2. The fraction of sp³-hybridized carbons (Fsp3) is 0.333. The van der Waals surface area contributed by atoms with Crippen LogP contribution in [0.4, 0.5) is 5.69 Å². The van der Waals surface area contributed by atoms with Crippen LogP contribution in [0.3, 0.4) is 0 Å². The monoisotopic (exact) mass is 389 g/mol. The summed E-state index contributed by atoms with van der Waals surface area (Å²) in [5.41, 5.74) is 8.28. The van der Waals surface area contributed by atoms with Crippen molar-refractivity contribution in [3.8, 4) is 0 Å². The molecule has 0 heterocycles. The molecule has 0 radical (unpaired) electrons. The summed E-state index contributed by atoms with van der Waals surface area (Å²) in [4.78, 5) is 25.1. The minimum atomic E-state index is -0.421. The van der Waals surface area contributed by atoms with Gasteiger partial charge in [-0.15, -0.1) is 12.4 Å². The van der Waals surface area contributed by atoms with Gasteiger partial charge < -0.3 is 16.4 Å². The standard InChI is InChI=1S/C21H27N3O2.ClH/c1-4-21(22,5-2)14-23-20(26)17-11-6-7-12-18(17)24-19(25)16-10-8-9-15(3)13-16;/h6-13H,4-5,14,22H2,1-3H3,(H,23,26)(H,24,25);1H. The van der Waals surface area contributed by atoms with Gasteiger partial charge in [-0.2, -0.15) is 0 Å². The topological polar surface area (TPSA) is 84.2 Å². The summed E-state index contributed by atoms with van der Waals surface area (Å²) in [6.45, 7) is 6.33. The molecule has 146 valence electrons. The van der Waals surface area contributed by atoms with E-state index >= 15 is 0 Å². The highest BCUT2D eigenvalue weighted by molar-refractivity contribution is 6.09. The van der Waals surface area contributed by atoms with Crippen LogP contribution in [0.15, 0.2) is 48.5 Å². The molecule has 0 aliphatic rings. The summed E-state index contributed by atoms with van der Waals surface area (Å²) in [5.74, 6) is -0.494. The second-order valence-corrected chi connectivity index (χ2v) is 6.62. The van der Waals surface area contributed by atoms with Gasteiger partial charge in [0.05, 0.1) is 11.3 Å². The van der Waals surface area contributed by atoms with Crippen molar-refractivity contribution >= 4 is 29.9 Å². The van der Waals surface area contributed by atoms with Gasteiger partial charge >= 0.3 is 0 Å². The van der Waals surface area contributed by atoms with Gasteiger partial charge in [0, 0.05) is 17.6 Å². The molecule has 4 N–H and O–H groups in total. The van der Waals surface area contributed by atoms with Crippen LogP contribution in [0.25, 0.3) is 0 Å². The van der Waals surface area contributed by atoms with Crippen molar-refractivity contribution in [3.05, 3.63) is 65.2 Å². The summed E-state index contributed by atoms with van der Waals surface area (Å²) in [5, 5.41) is 5.72. The Labute approximate surface area is 167 Å². The molecule has 6 heteroatoms. The zero-order chi connectivity index (χ0) is 19.2. The fourth-order valence-corrected chi connectivity index (χ4v) is 2.62. The lowest BCUT2D eigenvalue weighted by Gasteiger charge is -2.27. The number of anilines is 1. The molecule has 2 rings (SSSR count). The summed E-state index contributed by atoms with van der Waals surface area (Å²) in [6.07, 6.45) is 1.55. The predicted molar refractivity (Wildman–Crippen MR) is 113 cm³/mol. The van der Waals surface area contributed by atoms with Crippen molar-refractivity contribution in [2.75, 3.05) is 11.9 Å². The molecule has 5 nitrogen and oxygen atoms in total. The van der Waals surface area contributed by atoms with Gasteiger partial charge in [0.2, 0.25) is 0 Å².